The van der Waals surface area contributed by atoms with E-state index < -0.39 is 0 Å². The van der Waals surface area contributed by atoms with Crippen molar-refractivity contribution < 1.29 is 4.42 Å². The van der Waals surface area contributed by atoms with E-state index >= 15 is 0 Å². The van der Waals surface area contributed by atoms with Crippen LogP contribution in [0.4, 0.5) is 0 Å². The van der Waals surface area contributed by atoms with E-state index in [1.54, 1.807) is 0 Å². The Morgan fingerprint density at radius 2 is 1.77 bits per heavy atom. The number of rotatable bonds is 3. The molecule has 0 N–H and O–H groups in total. The van der Waals surface area contributed by atoms with Crippen LogP contribution in [0.3, 0.4) is 0 Å². The number of fused-ring (bicyclic) bond motifs is 3. The molecule has 0 unspecified atom stereocenters. The molecule has 0 aliphatic heterocycles. The Hall–Kier alpha value is -2.54. The standard InChI is InChI=1S/C21H17O/c1-2-8-15-9-3-4-10-16(15)17-12-7-14-20-21(17)18-11-5-6-13-19(18)22-20/h3-7,9,11-14H,2,8H2,1H3. The molecule has 1 aromatic heterocycles. The Bertz CT molecular complexity index is 946. The molecule has 4 aromatic rings. The molecule has 0 amide bonds. The third-order valence-corrected chi connectivity index (χ3v) is 4.13. The maximum atomic E-state index is 6.00. The van der Waals surface area contributed by atoms with Crippen molar-refractivity contribution in [2.75, 3.05) is 0 Å². The lowest BCUT2D eigenvalue weighted by molar-refractivity contribution is 0.669. The first-order valence-corrected chi connectivity index (χ1v) is 7.78. The second kappa shape index (κ2) is 5.34. The van der Waals surface area contributed by atoms with Crippen molar-refractivity contribution in [2.45, 2.75) is 19.8 Å². The number of benzene rings is 3. The molecule has 0 aliphatic carbocycles. The Morgan fingerprint density at radius 3 is 2.68 bits per heavy atom. The SMILES string of the molecule is CCCc1ccc[c]c1-c1cccc2oc3ccccc3c12. The zero-order chi connectivity index (χ0) is 14.9. The molecule has 0 atom stereocenters. The maximum Gasteiger partial charge on any atom is 0.136 e. The second-order valence-corrected chi connectivity index (χ2v) is 5.60. The van der Waals surface area contributed by atoms with Gasteiger partial charge in [-0.2, -0.15) is 0 Å². The molecule has 1 heteroatoms. The predicted molar refractivity (Wildman–Crippen MR) is 92.0 cm³/mol. The van der Waals surface area contributed by atoms with Gasteiger partial charge in [0.05, 0.1) is 0 Å². The molecular weight excluding hydrogens is 268 g/mol. The number of para-hydroxylation sites is 1. The first kappa shape index (κ1) is 13.1. The number of hydrogen-bond donors (Lipinski definition) is 0. The van der Waals surface area contributed by atoms with E-state index in [0.717, 1.165) is 24.0 Å². The van der Waals surface area contributed by atoms with E-state index in [9.17, 15) is 0 Å². The molecule has 0 aliphatic rings. The highest BCUT2D eigenvalue weighted by molar-refractivity contribution is 6.12. The minimum absolute atomic E-state index is 0.943. The van der Waals surface area contributed by atoms with Crippen molar-refractivity contribution in [3.8, 4) is 11.1 Å². The largest absolute Gasteiger partial charge is 0.456 e. The lowest BCUT2D eigenvalue weighted by Gasteiger charge is -2.09. The molecule has 22 heavy (non-hydrogen) atoms. The molecule has 0 bridgehead atoms. The first-order chi connectivity index (χ1) is 10.9. The van der Waals surface area contributed by atoms with Gasteiger partial charge >= 0.3 is 0 Å². The van der Waals surface area contributed by atoms with Crippen LogP contribution in [0.2, 0.25) is 0 Å². The van der Waals surface area contributed by atoms with Gasteiger partial charge < -0.3 is 4.42 Å². The van der Waals surface area contributed by atoms with Gasteiger partial charge in [-0.15, -0.1) is 0 Å². The summed E-state index contributed by atoms with van der Waals surface area (Å²) in [5, 5.41) is 2.37. The van der Waals surface area contributed by atoms with E-state index in [-0.39, 0.29) is 0 Å². The summed E-state index contributed by atoms with van der Waals surface area (Å²) < 4.78 is 6.00. The van der Waals surface area contributed by atoms with E-state index in [4.69, 9.17) is 4.42 Å². The van der Waals surface area contributed by atoms with Gasteiger partial charge in [-0.1, -0.05) is 61.9 Å². The minimum atomic E-state index is 0.943. The number of aryl methyl sites for hydroxylation is 1. The van der Waals surface area contributed by atoms with Gasteiger partial charge in [0.15, 0.2) is 0 Å². The van der Waals surface area contributed by atoms with Crippen molar-refractivity contribution >= 4 is 21.9 Å². The third kappa shape index (κ3) is 2.01. The Kier molecular flexibility index (Phi) is 3.19. The normalized spacial score (nSPS) is 11.3. The third-order valence-electron chi connectivity index (χ3n) is 4.13. The van der Waals surface area contributed by atoms with E-state index in [1.807, 2.05) is 24.3 Å². The molecule has 4 rings (SSSR count). The first-order valence-electron chi connectivity index (χ1n) is 7.78. The van der Waals surface area contributed by atoms with Gasteiger partial charge in [0.25, 0.3) is 0 Å². The molecule has 0 fully saturated rings. The topological polar surface area (TPSA) is 13.1 Å². The highest BCUT2D eigenvalue weighted by Crippen LogP contribution is 2.37. The molecule has 0 saturated carbocycles. The van der Waals surface area contributed by atoms with Crippen LogP contribution in [-0.2, 0) is 6.42 Å². The maximum absolute atomic E-state index is 6.00. The number of furan rings is 1. The summed E-state index contributed by atoms with van der Waals surface area (Å²) in [5.41, 5.74) is 5.65. The van der Waals surface area contributed by atoms with Crippen LogP contribution >= 0.6 is 0 Å². The zero-order valence-corrected chi connectivity index (χ0v) is 12.6. The summed E-state index contributed by atoms with van der Waals surface area (Å²) in [6.07, 6.45) is 2.20. The fourth-order valence-corrected chi connectivity index (χ4v) is 3.18. The van der Waals surface area contributed by atoms with Gasteiger partial charge in [0.1, 0.15) is 11.2 Å². The summed E-state index contributed by atoms with van der Waals surface area (Å²) >= 11 is 0. The minimum Gasteiger partial charge on any atom is -0.456 e. The summed E-state index contributed by atoms with van der Waals surface area (Å²) in [6, 6.07) is 24.2. The zero-order valence-electron chi connectivity index (χ0n) is 12.6. The van der Waals surface area contributed by atoms with Crippen LogP contribution in [0, 0.1) is 6.07 Å². The van der Waals surface area contributed by atoms with Gasteiger partial charge in [0, 0.05) is 10.8 Å². The van der Waals surface area contributed by atoms with Crippen LogP contribution in [0.1, 0.15) is 18.9 Å². The number of hydrogen-bond acceptors (Lipinski definition) is 1. The van der Waals surface area contributed by atoms with E-state index in [0.29, 0.717) is 0 Å². The molecular formula is C21H17O. The quantitative estimate of drug-likeness (QED) is 0.449. The lowest BCUT2D eigenvalue weighted by Crippen LogP contribution is -1.89. The highest BCUT2D eigenvalue weighted by atomic mass is 16.3. The van der Waals surface area contributed by atoms with Crippen molar-refractivity contribution in [1.82, 2.24) is 0 Å². The smallest absolute Gasteiger partial charge is 0.136 e. The molecule has 1 heterocycles. The van der Waals surface area contributed by atoms with E-state index in [2.05, 4.69) is 49.4 Å². The fourth-order valence-electron chi connectivity index (χ4n) is 3.18. The molecule has 1 nitrogen and oxygen atoms in total. The lowest BCUT2D eigenvalue weighted by atomic mass is 9.93. The molecule has 0 spiro atoms. The fraction of sp³-hybridized carbons (Fsp3) is 0.143. The summed E-state index contributed by atoms with van der Waals surface area (Å²) in [6.45, 7) is 2.21. The van der Waals surface area contributed by atoms with E-state index in [1.165, 1.54) is 27.5 Å². The Balaban J connectivity index is 2.07. The van der Waals surface area contributed by atoms with Crippen molar-refractivity contribution in [3.05, 3.63) is 72.3 Å². The monoisotopic (exact) mass is 285 g/mol. The van der Waals surface area contributed by atoms with Crippen molar-refractivity contribution in [1.29, 1.82) is 0 Å². The average molecular weight is 285 g/mol. The van der Waals surface area contributed by atoms with Gasteiger partial charge in [-0.25, -0.2) is 0 Å². The summed E-state index contributed by atoms with van der Waals surface area (Å²) in [7, 11) is 0. The summed E-state index contributed by atoms with van der Waals surface area (Å²) in [4.78, 5) is 0. The molecule has 1 radical (unpaired) electrons. The Morgan fingerprint density at radius 1 is 0.909 bits per heavy atom. The average Bonchev–Trinajstić information content (AvgIpc) is 2.94. The van der Waals surface area contributed by atoms with Crippen molar-refractivity contribution in [3.63, 3.8) is 0 Å². The molecule has 0 saturated heterocycles. The van der Waals surface area contributed by atoms with Gasteiger partial charge in [-0.3, -0.25) is 0 Å². The second-order valence-electron chi connectivity index (χ2n) is 5.60. The predicted octanol–water partition coefficient (Wildman–Crippen LogP) is 6.01. The van der Waals surface area contributed by atoms with Crippen LogP contribution in [0.15, 0.2) is 65.1 Å². The van der Waals surface area contributed by atoms with Crippen molar-refractivity contribution in [2.24, 2.45) is 0 Å². The van der Waals surface area contributed by atoms with Gasteiger partial charge in [0.2, 0.25) is 0 Å². The Labute approximate surface area is 130 Å². The van der Waals surface area contributed by atoms with Gasteiger partial charge in [-0.05, 0) is 41.3 Å². The van der Waals surface area contributed by atoms with Crippen LogP contribution in [-0.4, -0.2) is 0 Å². The van der Waals surface area contributed by atoms with Crippen LogP contribution in [0.25, 0.3) is 33.1 Å². The van der Waals surface area contributed by atoms with Crippen LogP contribution < -0.4 is 0 Å². The highest BCUT2D eigenvalue weighted by Gasteiger charge is 2.13. The summed E-state index contributed by atoms with van der Waals surface area (Å²) in [5.74, 6) is 0. The molecule has 3 aromatic carbocycles. The van der Waals surface area contributed by atoms with Crippen LogP contribution in [0.5, 0.6) is 0 Å². The molecule has 107 valence electrons.